The molecule has 6 nitrogen and oxygen atoms in total. The van der Waals surface area contributed by atoms with Gasteiger partial charge in [-0.05, 0) is 55.7 Å². The van der Waals surface area contributed by atoms with E-state index in [1.165, 1.54) is 24.6 Å². The monoisotopic (exact) mass is 475 g/mol. The molecule has 4 rings (SSSR count). The molecule has 0 heterocycles. The number of benzene rings is 3. The van der Waals surface area contributed by atoms with Crippen LogP contribution in [-0.2, 0) is 0 Å². The number of hydrogen-bond acceptors (Lipinski definition) is 3. The predicted molar refractivity (Wildman–Crippen MR) is 138 cm³/mol. The lowest BCUT2D eigenvalue weighted by atomic mass is 9.93. The number of carboxylic acid groups (broad SMARTS) is 1. The highest BCUT2D eigenvalue weighted by Crippen LogP contribution is 2.37. The summed E-state index contributed by atoms with van der Waals surface area (Å²) in [5.41, 5.74) is 3.06. The Labute approximate surface area is 204 Å². The zero-order chi connectivity index (χ0) is 24.9. The molecule has 0 radical (unpaired) electrons. The minimum Gasteiger partial charge on any atom is -0.478 e. The fourth-order valence-electron chi connectivity index (χ4n) is 4.65. The molecular formula is C28H30FN3O3. The van der Waals surface area contributed by atoms with Gasteiger partial charge in [-0.2, -0.15) is 0 Å². The molecule has 35 heavy (non-hydrogen) atoms. The number of carbonyl (C=O) groups excluding carboxylic acids is 1. The fourth-order valence-corrected chi connectivity index (χ4v) is 4.65. The number of amides is 2. The van der Waals surface area contributed by atoms with Crippen molar-refractivity contribution in [3.8, 4) is 11.1 Å². The van der Waals surface area contributed by atoms with E-state index in [9.17, 15) is 14.7 Å². The zero-order valence-electron chi connectivity index (χ0n) is 20.0. The molecule has 0 bridgehead atoms. The fraction of sp³-hybridized carbons (Fsp3) is 0.286. The molecule has 1 aliphatic carbocycles. The van der Waals surface area contributed by atoms with E-state index in [-0.39, 0.29) is 22.7 Å². The highest BCUT2D eigenvalue weighted by Gasteiger charge is 2.24. The first-order valence-corrected chi connectivity index (χ1v) is 11.9. The summed E-state index contributed by atoms with van der Waals surface area (Å²) in [4.78, 5) is 26.7. The summed E-state index contributed by atoms with van der Waals surface area (Å²) < 4.78 is 15.5. The Morgan fingerprint density at radius 1 is 0.943 bits per heavy atom. The van der Waals surface area contributed by atoms with E-state index >= 15 is 4.39 Å². The SMILES string of the molecule is Cc1ccc(NC(=O)Nc2cc(-c3ccccc3C(=O)O)c(F)cc2N(C)C2CCCCC2)cc1. The van der Waals surface area contributed by atoms with Crippen LogP contribution in [0.5, 0.6) is 0 Å². The predicted octanol–water partition coefficient (Wildman–Crippen LogP) is 6.91. The van der Waals surface area contributed by atoms with E-state index in [0.29, 0.717) is 17.1 Å². The van der Waals surface area contributed by atoms with Crippen LogP contribution in [0.4, 0.5) is 26.2 Å². The first-order chi connectivity index (χ1) is 16.8. The number of halogens is 1. The van der Waals surface area contributed by atoms with Gasteiger partial charge in [0.2, 0.25) is 0 Å². The number of anilines is 3. The largest absolute Gasteiger partial charge is 0.478 e. The van der Waals surface area contributed by atoms with E-state index in [1.807, 2.05) is 43.1 Å². The van der Waals surface area contributed by atoms with Gasteiger partial charge >= 0.3 is 12.0 Å². The van der Waals surface area contributed by atoms with E-state index < -0.39 is 17.8 Å². The Bertz CT molecular complexity index is 1220. The van der Waals surface area contributed by atoms with Crippen molar-refractivity contribution in [3.05, 3.63) is 77.6 Å². The average Bonchev–Trinajstić information content (AvgIpc) is 2.86. The minimum absolute atomic E-state index is 0.00478. The summed E-state index contributed by atoms with van der Waals surface area (Å²) in [5, 5.41) is 15.3. The third kappa shape index (κ3) is 5.62. The van der Waals surface area contributed by atoms with Gasteiger partial charge in [0.1, 0.15) is 5.82 Å². The smallest absolute Gasteiger partial charge is 0.336 e. The van der Waals surface area contributed by atoms with Crippen molar-refractivity contribution in [1.29, 1.82) is 0 Å². The number of nitrogens with zero attached hydrogens (tertiary/aromatic N) is 1. The molecule has 0 aliphatic heterocycles. The van der Waals surface area contributed by atoms with E-state index in [1.54, 1.807) is 18.2 Å². The number of aromatic carboxylic acids is 1. The molecule has 7 heteroatoms. The van der Waals surface area contributed by atoms with Crippen molar-refractivity contribution in [1.82, 2.24) is 0 Å². The highest BCUT2D eigenvalue weighted by molar-refractivity contribution is 6.03. The first-order valence-electron chi connectivity index (χ1n) is 11.9. The van der Waals surface area contributed by atoms with Crippen LogP contribution in [0.3, 0.4) is 0 Å². The molecule has 1 saturated carbocycles. The van der Waals surface area contributed by atoms with Crippen molar-refractivity contribution in [2.75, 3.05) is 22.6 Å². The highest BCUT2D eigenvalue weighted by atomic mass is 19.1. The van der Waals surface area contributed by atoms with Crippen LogP contribution in [-0.4, -0.2) is 30.2 Å². The Morgan fingerprint density at radius 2 is 1.63 bits per heavy atom. The number of rotatable bonds is 6. The molecule has 0 unspecified atom stereocenters. The van der Waals surface area contributed by atoms with Gasteiger partial charge in [-0.25, -0.2) is 14.0 Å². The number of carboxylic acids is 1. The third-order valence-corrected chi connectivity index (χ3v) is 6.59. The molecule has 3 N–H and O–H groups in total. The van der Waals surface area contributed by atoms with Gasteiger partial charge in [-0.1, -0.05) is 55.2 Å². The molecule has 1 fully saturated rings. The maximum atomic E-state index is 15.5. The average molecular weight is 476 g/mol. The van der Waals surface area contributed by atoms with Crippen molar-refractivity contribution in [3.63, 3.8) is 0 Å². The summed E-state index contributed by atoms with van der Waals surface area (Å²) in [6.07, 6.45) is 5.40. The van der Waals surface area contributed by atoms with Gasteiger partial charge < -0.3 is 20.6 Å². The summed E-state index contributed by atoms with van der Waals surface area (Å²) >= 11 is 0. The van der Waals surface area contributed by atoms with Crippen molar-refractivity contribution in [2.24, 2.45) is 0 Å². The Morgan fingerprint density at radius 3 is 2.31 bits per heavy atom. The van der Waals surface area contributed by atoms with Gasteiger partial charge in [-0.3, -0.25) is 0 Å². The summed E-state index contributed by atoms with van der Waals surface area (Å²) in [6, 6.07) is 16.4. The van der Waals surface area contributed by atoms with Gasteiger partial charge in [-0.15, -0.1) is 0 Å². The topological polar surface area (TPSA) is 81.7 Å². The Balaban J connectivity index is 1.73. The lowest BCUT2D eigenvalue weighted by molar-refractivity contribution is 0.0697. The van der Waals surface area contributed by atoms with E-state index in [4.69, 9.17) is 0 Å². The molecule has 2 amide bonds. The molecule has 182 valence electrons. The molecule has 1 aliphatic rings. The van der Waals surface area contributed by atoms with Crippen molar-refractivity contribution < 1.29 is 19.1 Å². The first kappa shape index (κ1) is 24.3. The molecule has 0 spiro atoms. The number of nitrogens with one attached hydrogen (secondary N) is 2. The zero-order valence-corrected chi connectivity index (χ0v) is 20.0. The lowest BCUT2D eigenvalue weighted by Gasteiger charge is -2.34. The maximum absolute atomic E-state index is 15.5. The van der Waals surface area contributed by atoms with Crippen molar-refractivity contribution in [2.45, 2.75) is 45.1 Å². The molecule has 3 aromatic carbocycles. The second kappa shape index (κ2) is 10.6. The number of carbonyl (C=O) groups is 2. The normalized spacial score (nSPS) is 13.8. The third-order valence-electron chi connectivity index (χ3n) is 6.59. The van der Waals surface area contributed by atoms with Crippen LogP contribution in [0.25, 0.3) is 11.1 Å². The number of hydrogen-bond donors (Lipinski definition) is 3. The van der Waals surface area contributed by atoms with Crippen LogP contribution in [0.2, 0.25) is 0 Å². The minimum atomic E-state index is -1.14. The molecule has 0 atom stereocenters. The quantitative estimate of drug-likeness (QED) is 0.362. The lowest BCUT2D eigenvalue weighted by Crippen LogP contribution is -2.34. The van der Waals surface area contributed by atoms with Gasteiger partial charge in [0.15, 0.2) is 0 Å². The Kier molecular flexibility index (Phi) is 7.34. The van der Waals surface area contributed by atoms with E-state index in [0.717, 1.165) is 31.2 Å². The molecule has 3 aromatic rings. The van der Waals surface area contributed by atoms with Crippen molar-refractivity contribution >= 4 is 29.1 Å². The van der Waals surface area contributed by atoms with E-state index in [2.05, 4.69) is 10.6 Å². The second-order valence-corrected chi connectivity index (χ2v) is 9.05. The second-order valence-electron chi connectivity index (χ2n) is 9.05. The maximum Gasteiger partial charge on any atom is 0.336 e. The van der Waals surface area contributed by atoms with Crippen LogP contribution < -0.4 is 15.5 Å². The number of urea groups is 1. The van der Waals surface area contributed by atoms with Gasteiger partial charge in [0.05, 0.1) is 16.9 Å². The summed E-state index contributed by atoms with van der Waals surface area (Å²) in [7, 11) is 1.92. The molecule has 0 aromatic heterocycles. The van der Waals surface area contributed by atoms with Crippen LogP contribution in [0.1, 0.15) is 48.0 Å². The van der Waals surface area contributed by atoms with Crippen LogP contribution in [0.15, 0.2) is 60.7 Å². The van der Waals surface area contributed by atoms with Gasteiger partial charge in [0, 0.05) is 24.3 Å². The van der Waals surface area contributed by atoms with Crippen LogP contribution in [0, 0.1) is 12.7 Å². The van der Waals surface area contributed by atoms with Gasteiger partial charge in [0.25, 0.3) is 0 Å². The molecule has 0 saturated heterocycles. The Hall–Kier alpha value is -3.87. The standard InChI is InChI=1S/C28H30FN3O3/c1-18-12-14-19(15-13-18)30-28(35)31-25-16-23(21-10-6-7-11-22(21)27(33)34)24(29)17-26(25)32(2)20-8-4-3-5-9-20/h6-7,10-17,20H,3-5,8-9H2,1-2H3,(H,33,34)(H2,30,31,35). The van der Waals surface area contributed by atoms with Crippen LogP contribution >= 0.6 is 0 Å². The summed E-state index contributed by atoms with van der Waals surface area (Å²) in [5.74, 6) is -1.68. The number of aryl methyl sites for hydroxylation is 1. The summed E-state index contributed by atoms with van der Waals surface area (Å²) in [6.45, 7) is 1.96. The molecular weight excluding hydrogens is 445 g/mol.